The third-order valence-corrected chi connectivity index (χ3v) is 7.33. The minimum Gasteiger partial charge on any atom is -0.359 e. The first-order valence-electron chi connectivity index (χ1n) is 9.45. The summed E-state index contributed by atoms with van der Waals surface area (Å²) in [7, 11) is 1.79. The molecule has 0 aromatic carbocycles. The van der Waals surface area contributed by atoms with Crippen molar-refractivity contribution in [3.8, 4) is 0 Å². The Labute approximate surface area is 141 Å². The molecule has 1 amide bonds. The summed E-state index contributed by atoms with van der Waals surface area (Å²) in [6, 6.07) is 0. The van der Waals surface area contributed by atoms with E-state index in [1.54, 1.807) is 18.2 Å². The zero-order valence-electron chi connectivity index (χ0n) is 15.5. The van der Waals surface area contributed by atoms with Crippen molar-refractivity contribution in [1.29, 1.82) is 0 Å². The molecule has 1 fully saturated rings. The van der Waals surface area contributed by atoms with Gasteiger partial charge >= 0.3 is 0 Å². The second-order valence-electron chi connectivity index (χ2n) is 8.81. The van der Waals surface area contributed by atoms with E-state index in [-0.39, 0.29) is 16.7 Å². The first-order valence-corrected chi connectivity index (χ1v) is 9.45. The van der Waals surface area contributed by atoms with Crippen LogP contribution >= 0.6 is 0 Å². The van der Waals surface area contributed by atoms with Crippen LogP contribution in [0.4, 0.5) is 0 Å². The topological polar surface area (TPSA) is 29.1 Å². The lowest BCUT2D eigenvalue weighted by Gasteiger charge is -2.57. The Kier molecular flexibility index (Phi) is 4.23. The largest absolute Gasteiger partial charge is 0.359 e. The second kappa shape index (κ2) is 5.79. The van der Waals surface area contributed by atoms with Gasteiger partial charge in [-0.3, -0.25) is 4.79 Å². The Morgan fingerprint density at radius 2 is 2.04 bits per heavy atom. The Balaban J connectivity index is 1.99. The average Bonchev–Trinajstić information content (AvgIpc) is 2.53. The fourth-order valence-corrected chi connectivity index (χ4v) is 5.90. The van der Waals surface area contributed by atoms with Crippen molar-refractivity contribution in [2.24, 2.45) is 28.6 Å². The van der Waals surface area contributed by atoms with Crippen molar-refractivity contribution in [2.45, 2.75) is 66.2 Å². The van der Waals surface area contributed by atoms with Gasteiger partial charge in [0.2, 0.25) is 5.91 Å². The molecule has 2 nitrogen and oxygen atoms in total. The Bertz CT molecular complexity index is 558. The average molecular weight is 316 g/mol. The molecule has 1 saturated carbocycles. The lowest BCUT2D eigenvalue weighted by molar-refractivity contribution is -0.143. The van der Waals surface area contributed by atoms with E-state index in [4.69, 9.17) is 0 Å². The summed E-state index contributed by atoms with van der Waals surface area (Å²) in [6.45, 7) is 9.31. The molecular weight excluding hydrogens is 282 g/mol. The molecule has 0 bridgehead atoms. The van der Waals surface area contributed by atoms with Gasteiger partial charge in [-0.1, -0.05) is 51.8 Å². The summed E-state index contributed by atoms with van der Waals surface area (Å²) in [5.74, 6) is 2.03. The van der Waals surface area contributed by atoms with Crippen LogP contribution in [-0.4, -0.2) is 13.0 Å². The molecule has 0 aromatic heterocycles. The molecule has 0 spiro atoms. The van der Waals surface area contributed by atoms with E-state index in [2.05, 4.69) is 45.2 Å². The van der Waals surface area contributed by atoms with Gasteiger partial charge in [0.1, 0.15) is 0 Å². The van der Waals surface area contributed by atoms with Crippen LogP contribution in [0.15, 0.2) is 23.3 Å². The predicted molar refractivity (Wildman–Crippen MR) is 96.0 cm³/mol. The van der Waals surface area contributed by atoms with Crippen molar-refractivity contribution in [3.63, 3.8) is 0 Å². The van der Waals surface area contributed by atoms with Gasteiger partial charge in [-0.25, -0.2) is 0 Å². The quantitative estimate of drug-likeness (QED) is 0.774. The molecule has 4 atom stereocenters. The SMILES string of the molecule is CNC(=O)[C@]1(C)CCC[C@@]2(C)C1CC=C1C=C(C(C)C)CC[C@@H]12. The molecule has 0 saturated heterocycles. The maximum absolute atomic E-state index is 12.6. The molecule has 128 valence electrons. The lowest BCUT2D eigenvalue weighted by Crippen LogP contribution is -2.55. The van der Waals surface area contributed by atoms with E-state index >= 15 is 0 Å². The number of hydrogen-bond donors (Lipinski definition) is 1. The minimum atomic E-state index is -0.203. The minimum absolute atomic E-state index is 0.203. The van der Waals surface area contributed by atoms with E-state index < -0.39 is 0 Å². The highest BCUT2D eigenvalue weighted by molar-refractivity contribution is 5.82. The number of amides is 1. The summed E-state index contributed by atoms with van der Waals surface area (Å²) in [6.07, 6.45) is 12.0. The van der Waals surface area contributed by atoms with Gasteiger partial charge in [0.25, 0.3) is 0 Å². The van der Waals surface area contributed by atoms with E-state index in [9.17, 15) is 4.79 Å². The smallest absolute Gasteiger partial charge is 0.225 e. The molecule has 23 heavy (non-hydrogen) atoms. The summed E-state index contributed by atoms with van der Waals surface area (Å²) in [4.78, 5) is 12.6. The van der Waals surface area contributed by atoms with Crippen molar-refractivity contribution < 1.29 is 4.79 Å². The van der Waals surface area contributed by atoms with Gasteiger partial charge in [0.05, 0.1) is 0 Å². The molecule has 3 rings (SSSR count). The summed E-state index contributed by atoms with van der Waals surface area (Å²) >= 11 is 0. The van der Waals surface area contributed by atoms with Crippen LogP contribution in [0.2, 0.25) is 0 Å². The Morgan fingerprint density at radius 1 is 1.30 bits per heavy atom. The van der Waals surface area contributed by atoms with Gasteiger partial charge in [-0.2, -0.15) is 0 Å². The number of carbonyl (C=O) groups excluding carboxylic acids is 1. The van der Waals surface area contributed by atoms with Crippen molar-refractivity contribution in [3.05, 3.63) is 23.3 Å². The van der Waals surface area contributed by atoms with Gasteiger partial charge in [0.15, 0.2) is 0 Å². The van der Waals surface area contributed by atoms with Crippen LogP contribution in [0.5, 0.6) is 0 Å². The first kappa shape index (κ1) is 16.8. The van der Waals surface area contributed by atoms with E-state index in [0.29, 0.717) is 17.8 Å². The molecule has 0 radical (unpaired) electrons. The van der Waals surface area contributed by atoms with Gasteiger partial charge < -0.3 is 5.32 Å². The van der Waals surface area contributed by atoms with Crippen LogP contribution in [0.3, 0.4) is 0 Å². The van der Waals surface area contributed by atoms with Gasteiger partial charge in [-0.05, 0) is 60.8 Å². The summed E-state index contributed by atoms with van der Waals surface area (Å²) in [5.41, 5.74) is 3.26. The molecule has 3 aliphatic rings. The van der Waals surface area contributed by atoms with E-state index in [1.807, 2.05) is 0 Å². The van der Waals surface area contributed by atoms with Crippen molar-refractivity contribution in [2.75, 3.05) is 7.05 Å². The second-order valence-corrected chi connectivity index (χ2v) is 8.81. The van der Waals surface area contributed by atoms with Crippen LogP contribution in [-0.2, 0) is 4.79 Å². The standard InChI is InChI=1S/C21H33NO/c1-14(2)15-7-9-17-16(13-15)8-10-18-20(17,3)11-6-12-21(18,4)19(23)22-5/h8,13-14,17-18H,6-7,9-12H2,1-5H3,(H,22,23)/t17-,18?,20+,21+/m0/s1. The molecule has 1 unspecified atom stereocenters. The molecule has 0 heterocycles. The lowest BCUT2D eigenvalue weighted by atomic mass is 9.46. The molecule has 2 heteroatoms. The highest BCUT2D eigenvalue weighted by atomic mass is 16.2. The van der Waals surface area contributed by atoms with Gasteiger partial charge in [-0.15, -0.1) is 0 Å². The van der Waals surface area contributed by atoms with Gasteiger partial charge in [0, 0.05) is 12.5 Å². The monoisotopic (exact) mass is 315 g/mol. The van der Waals surface area contributed by atoms with Crippen LogP contribution in [0.25, 0.3) is 0 Å². The number of rotatable bonds is 2. The zero-order valence-corrected chi connectivity index (χ0v) is 15.5. The van der Waals surface area contributed by atoms with E-state index in [1.165, 1.54) is 25.7 Å². The fourth-order valence-electron chi connectivity index (χ4n) is 5.90. The number of hydrogen-bond acceptors (Lipinski definition) is 1. The third-order valence-electron chi connectivity index (χ3n) is 7.33. The highest BCUT2D eigenvalue weighted by Crippen LogP contribution is 2.62. The molecule has 3 aliphatic carbocycles. The number of allylic oxidation sites excluding steroid dienone is 4. The van der Waals surface area contributed by atoms with Crippen LogP contribution in [0, 0.1) is 28.6 Å². The molecule has 1 N–H and O–H groups in total. The Morgan fingerprint density at radius 3 is 2.70 bits per heavy atom. The fraction of sp³-hybridized carbons (Fsp3) is 0.762. The first-order chi connectivity index (χ1) is 10.8. The number of fused-ring (bicyclic) bond motifs is 3. The Hall–Kier alpha value is -1.05. The highest BCUT2D eigenvalue weighted by Gasteiger charge is 2.56. The summed E-state index contributed by atoms with van der Waals surface area (Å²) < 4.78 is 0. The number of nitrogens with one attached hydrogen (secondary N) is 1. The molecular formula is C21H33NO. The third kappa shape index (κ3) is 2.49. The normalized spacial score (nSPS) is 39.9. The predicted octanol–water partition coefficient (Wildman–Crippen LogP) is 4.87. The zero-order chi connectivity index (χ0) is 16.8. The molecule has 0 aromatic rings. The maximum Gasteiger partial charge on any atom is 0.225 e. The van der Waals surface area contributed by atoms with Crippen LogP contribution in [0.1, 0.15) is 66.2 Å². The van der Waals surface area contributed by atoms with Crippen molar-refractivity contribution >= 4 is 5.91 Å². The summed E-state index contributed by atoms with van der Waals surface area (Å²) in [5, 5.41) is 2.95. The maximum atomic E-state index is 12.6. The molecule has 0 aliphatic heterocycles. The van der Waals surface area contributed by atoms with E-state index in [0.717, 1.165) is 12.8 Å². The van der Waals surface area contributed by atoms with Crippen molar-refractivity contribution in [1.82, 2.24) is 5.32 Å². The van der Waals surface area contributed by atoms with Crippen LogP contribution < -0.4 is 5.32 Å². The number of carbonyl (C=O) groups is 1.